The van der Waals surface area contributed by atoms with Gasteiger partial charge in [0.25, 0.3) is 5.91 Å². The second-order valence-electron chi connectivity index (χ2n) is 17.4. The van der Waals surface area contributed by atoms with Crippen molar-refractivity contribution in [1.82, 2.24) is 20.1 Å². The summed E-state index contributed by atoms with van der Waals surface area (Å²) in [5.41, 5.74) is -3.04. The van der Waals surface area contributed by atoms with E-state index in [2.05, 4.69) is 17.2 Å². The molecule has 14 atom stereocenters. The normalized spacial score (nSPS) is 42.0. The number of amides is 1. The Morgan fingerprint density at radius 1 is 1.07 bits per heavy atom. The molecule has 5 N–H and O–H groups in total. The highest BCUT2D eigenvalue weighted by atomic mass is 16.7. The van der Waals surface area contributed by atoms with Crippen LogP contribution in [-0.2, 0) is 28.5 Å². The van der Waals surface area contributed by atoms with E-state index in [9.17, 15) is 29.7 Å². The number of aliphatic hydroxyl groups is 3. The predicted molar refractivity (Wildman–Crippen MR) is 203 cm³/mol. The standard InChI is InChI=1S/C40H66N4O11/c1-11-29-39(8,50)33(47)26(6)41-21-22(2)20-38(7)34(53-37-31(46)28(43(9)10)19-23(3)51-37)24(4)32(25(5)36(49)52-29)54-40(55-38)15-17-44(18-16-40)35(48)27-13-12-14-30(45)42-27/h12-14,22-26,28-29,31-34,37,41,46-47,50H,11,15-21H2,1-10H3,(H,42,45)/t22-,23-,24+,25-,26-,28+,29-,31-,32+,33-,34-,37+,38-,39-/m1/s1. The Hall–Kier alpha value is -2.47. The van der Waals surface area contributed by atoms with Gasteiger partial charge in [-0.1, -0.05) is 26.8 Å². The zero-order chi connectivity index (χ0) is 40.6. The molecular weight excluding hydrogens is 712 g/mol. The second-order valence-corrected chi connectivity index (χ2v) is 17.4. The molecule has 0 radical (unpaired) electrons. The SMILES string of the molecule is CC[C@H]1OC(=O)[C@H](C)[C@H]2OC3(CCN(C(=O)c4cccc(=O)[nH]4)CC3)O[C@](C)(C[C@@H](C)CN[C@H](C)[C@@H](O)[C@]1(C)O)[C@H](O[C@@H]1O[C@H](C)C[C@H](N(C)C)[C@H]1O)[C@H]2C. The number of carbonyl (C=O) groups excluding carboxylic acids is 2. The Balaban J connectivity index is 1.58. The monoisotopic (exact) mass is 778 g/mol. The van der Waals surface area contributed by atoms with Crippen LogP contribution in [-0.4, -0.2) is 148 Å². The Labute approximate surface area is 325 Å². The number of pyridine rings is 1. The molecule has 1 spiro atoms. The summed E-state index contributed by atoms with van der Waals surface area (Å²) in [6.45, 7) is 15.7. The minimum absolute atomic E-state index is 0.0684. The number of cyclic esters (lactones) is 1. The van der Waals surface area contributed by atoms with Crippen molar-refractivity contribution in [1.29, 1.82) is 0 Å². The molecule has 1 amide bonds. The van der Waals surface area contributed by atoms with Crippen LogP contribution in [0.1, 0.15) is 98.0 Å². The number of nitrogens with one attached hydrogen (secondary N) is 2. The molecule has 15 nitrogen and oxygen atoms in total. The minimum Gasteiger partial charge on any atom is -0.459 e. The molecule has 4 aliphatic rings. The third kappa shape index (κ3) is 9.31. The summed E-state index contributed by atoms with van der Waals surface area (Å²) in [4.78, 5) is 46.0. The molecule has 0 saturated carbocycles. The highest BCUT2D eigenvalue weighted by Gasteiger charge is 2.58. The Morgan fingerprint density at radius 3 is 2.36 bits per heavy atom. The number of likely N-dealkylation sites (N-methyl/N-ethyl adjacent to an activating group) is 1. The average molecular weight is 779 g/mol. The van der Waals surface area contributed by atoms with Crippen molar-refractivity contribution >= 4 is 11.9 Å². The van der Waals surface area contributed by atoms with Crippen LogP contribution in [0.4, 0.5) is 0 Å². The van der Waals surface area contributed by atoms with Crippen LogP contribution in [0.25, 0.3) is 0 Å². The van der Waals surface area contributed by atoms with E-state index in [1.807, 2.05) is 39.8 Å². The van der Waals surface area contributed by atoms with Gasteiger partial charge >= 0.3 is 5.97 Å². The molecule has 312 valence electrons. The van der Waals surface area contributed by atoms with E-state index in [4.69, 9.17) is 23.7 Å². The summed E-state index contributed by atoms with van der Waals surface area (Å²) in [5, 5.41) is 38.0. The fourth-order valence-corrected chi connectivity index (χ4v) is 9.34. The van der Waals surface area contributed by atoms with Crippen LogP contribution in [0.3, 0.4) is 0 Å². The maximum atomic E-state index is 14.2. The molecule has 2 bridgehead atoms. The lowest BCUT2D eigenvalue weighted by Crippen LogP contribution is -2.60. The highest BCUT2D eigenvalue weighted by molar-refractivity contribution is 5.92. The van der Waals surface area contributed by atoms with E-state index in [1.54, 1.807) is 37.8 Å². The molecule has 15 heteroatoms. The first-order valence-electron chi connectivity index (χ1n) is 20.1. The van der Waals surface area contributed by atoms with Gasteiger partial charge in [0.1, 0.15) is 29.6 Å². The maximum absolute atomic E-state index is 14.2. The number of aromatic amines is 1. The van der Waals surface area contributed by atoms with E-state index >= 15 is 0 Å². The lowest BCUT2D eigenvalue weighted by Gasteiger charge is -2.49. The van der Waals surface area contributed by atoms with E-state index in [-0.39, 0.29) is 67.6 Å². The van der Waals surface area contributed by atoms with Crippen LogP contribution < -0.4 is 10.9 Å². The van der Waals surface area contributed by atoms with Gasteiger partial charge in [-0.15, -0.1) is 0 Å². The van der Waals surface area contributed by atoms with E-state index in [0.29, 0.717) is 19.4 Å². The lowest BCUT2D eigenvalue weighted by molar-refractivity contribution is -0.331. The topological polar surface area (TPSA) is 192 Å². The van der Waals surface area contributed by atoms with Crippen molar-refractivity contribution in [3.8, 4) is 0 Å². The van der Waals surface area contributed by atoms with E-state index < -0.39 is 77.6 Å². The quantitative estimate of drug-likeness (QED) is 0.273. The van der Waals surface area contributed by atoms with Crippen molar-refractivity contribution in [2.24, 2.45) is 17.8 Å². The third-order valence-corrected chi connectivity index (χ3v) is 12.5. The summed E-state index contributed by atoms with van der Waals surface area (Å²) in [6, 6.07) is 3.68. The summed E-state index contributed by atoms with van der Waals surface area (Å²) in [6.07, 6.45) is -4.28. The van der Waals surface area contributed by atoms with Gasteiger partial charge in [-0.05, 0) is 86.5 Å². The molecule has 1 aromatic heterocycles. The summed E-state index contributed by atoms with van der Waals surface area (Å²) < 4.78 is 33.7. The highest BCUT2D eigenvalue weighted by Crippen LogP contribution is 2.48. The Bertz CT molecular complexity index is 1530. The zero-order valence-corrected chi connectivity index (χ0v) is 34.3. The number of H-pyrrole nitrogens is 1. The fourth-order valence-electron chi connectivity index (χ4n) is 9.34. The third-order valence-electron chi connectivity index (χ3n) is 12.5. The second kappa shape index (κ2) is 17.2. The molecule has 0 aromatic carbocycles. The summed E-state index contributed by atoms with van der Waals surface area (Å²) in [7, 11) is 3.83. The number of esters is 1. The lowest BCUT2D eigenvalue weighted by atomic mass is 9.78. The minimum atomic E-state index is -1.76. The maximum Gasteiger partial charge on any atom is 0.311 e. The summed E-state index contributed by atoms with van der Waals surface area (Å²) >= 11 is 0. The van der Waals surface area contributed by atoms with Crippen LogP contribution in [0.5, 0.6) is 0 Å². The van der Waals surface area contributed by atoms with E-state index in [1.165, 1.54) is 13.0 Å². The molecule has 4 aliphatic heterocycles. The number of rotatable bonds is 5. The number of piperidine rings is 1. The van der Waals surface area contributed by atoms with Gasteiger partial charge in [0.05, 0.1) is 29.8 Å². The molecular formula is C40H66N4O11. The Morgan fingerprint density at radius 2 is 1.75 bits per heavy atom. The van der Waals surface area contributed by atoms with Crippen molar-refractivity contribution in [3.05, 3.63) is 34.2 Å². The largest absolute Gasteiger partial charge is 0.459 e. The molecule has 5 rings (SSSR count). The van der Waals surface area contributed by atoms with Gasteiger partial charge < -0.3 is 59.1 Å². The van der Waals surface area contributed by atoms with Gasteiger partial charge in [-0.2, -0.15) is 0 Å². The number of carbonyl (C=O) groups is 2. The molecule has 55 heavy (non-hydrogen) atoms. The molecule has 5 heterocycles. The smallest absolute Gasteiger partial charge is 0.311 e. The van der Waals surface area contributed by atoms with Gasteiger partial charge in [-0.25, -0.2) is 0 Å². The number of aromatic nitrogens is 1. The van der Waals surface area contributed by atoms with Gasteiger partial charge in [0.2, 0.25) is 5.56 Å². The predicted octanol–water partition coefficient (Wildman–Crippen LogP) is 2.02. The van der Waals surface area contributed by atoms with Crippen molar-refractivity contribution < 1.29 is 48.6 Å². The van der Waals surface area contributed by atoms with Crippen LogP contribution >= 0.6 is 0 Å². The molecule has 4 fully saturated rings. The van der Waals surface area contributed by atoms with Crippen LogP contribution in [0, 0.1) is 17.8 Å². The first kappa shape index (κ1) is 43.6. The molecule has 4 saturated heterocycles. The first-order valence-corrected chi connectivity index (χ1v) is 20.1. The number of likely N-dealkylation sites (tertiary alicyclic amines) is 1. The number of aliphatic hydroxyl groups excluding tert-OH is 2. The Kier molecular flexibility index (Phi) is 13.6. The molecule has 0 unspecified atom stereocenters. The van der Waals surface area contributed by atoms with Crippen LogP contribution in [0.2, 0.25) is 0 Å². The average Bonchev–Trinajstić information content (AvgIpc) is 3.21. The van der Waals surface area contributed by atoms with Gasteiger partial charge in [-0.3, -0.25) is 14.4 Å². The number of ether oxygens (including phenoxy) is 5. The summed E-state index contributed by atoms with van der Waals surface area (Å²) in [5.74, 6) is -3.70. The van der Waals surface area contributed by atoms with Gasteiger partial charge in [0.15, 0.2) is 12.1 Å². The fraction of sp³-hybridized carbons (Fsp3) is 0.825. The first-order chi connectivity index (χ1) is 25.7. The number of hydrogen-bond donors (Lipinski definition) is 5. The van der Waals surface area contributed by atoms with Crippen molar-refractivity contribution in [2.75, 3.05) is 33.7 Å². The van der Waals surface area contributed by atoms with Crippen molar-refractivity contribution in [3.63, 3.8) is 0 Å². The number of fused-ring (bicyclic) bond motifs is 3. The molecule has 0 aliphatic carbocycles. The van der Waals surface area contributed by atoms with E-state index in [0.717, 1.165) is 0 Å². The number of hydrogen-bond acceptors (Lipinski definition) is 13. The van der Waals surface area contributed by atoms with Gasteiger partial charge in [0, 0.05) is 50.0 Å². The van der Waals surface area contributed by atoms with Crippen molar-refractivity contribution in [2.45, 2.75) is 159 Å². The molecule has 1 aromatic rings. The number of nitrogens with zero attached hydrogens (tertiary/aromatic N) is 2. The van der Waals surface area contributed by atoms with Crippen LogP contribution in [0.15, 0.2) is 23.0 Å². The zero-order valence-electron chi connectivity index (χ0n) is 34.3.